The number of ether oxygens (including phenoxy) is 3. The fraction of sp³-hybridized carbons (Fsp3) is 0.652. The Bertz CT molecular complexity index is 673. The first-order valence-corrected chi connectivity index (χ1v) is 10.6. The van der Waals surface area contributed by atoms with Gasteiger partial charge in [-0.2, -0.15) is 0 Å². The second kappa shape index (κ2) is 11.8. The molecule has 0 fully saturated rings. The van der Waals surface area contributed by atoms with Crippen molar-refractivity contribution in [3.8, 4) is 5.75 Å². The summed E-state index contributed by atoms with van der Waals surface area (Å²) >= 11 is 0. The highest BCUT2D eigenvalue weighted by atomic mass is 16.5. The molecule has 164 valence electrons. The van der Waals surface area contributed by atoms with Gasteiger partial charge in [-0.15, -0.1) is 0 Å². The van der Waals surface area contributed by atoms with E-state index in [9.17, 15) is 9.59 Å². The third-order valence-corrected chi connectivity index (χ3v) is 4.54. The van der Waals surface area contributed by atoms with Crippen LogP contribution in [0.25, 0.3) is 0 Å². The minimum absolute atomic E-state index is 0.0413. The highest BCUT2D eigenvalue weighted by Crippen LogP contribution is 2.28. The summed E-state index contributed by atoms with van der Waals surface area (Å²) in [6.07, 6.45) is 2.19. The van der Waals surface area contributed by atoms with Crippen LogP contribution in [-0.2, 0) is 14.3 Å². The molecule has 6 nitrogen and oxygen atoms in total. The zero-order valence-corrected chi connectivity index (χ0v) is 19.0. The van der Waals surface area contributed by atoms with E-state index in [1.54, 1.807) is 25.1 Å². The molecule has 1 amide bonds. The maximum Gasteiger partial charge on any atom is 0.341 e. The molecule has 1 aromatic carbocycles. The van der Waals surface area contributed by atoms with Gasteiger partial charge in [0.2, 0.25) is 0 Å². The Morgan fingerprint density at radius 3 is 2.38 bits per heavy atom. The average Bonchev–Trinajstić information content (AvgIpc) is 2.66. The molecule has 1 aromatic rings. The van der Waals surface area contributed by atoms with E-state index in [0.717, 1.165) is 12.8 Å². The first-order chi connectivity index (χ1) is 13.7. The number of carbonyl (C=O) groups excluding carboxylic acids is 2. The van der Waals surface area contributed by atoms with Gasteiger partial charge in [0.25, 0.3) is 5.91 Å². The van der Waals surface area contributed by atoms with Crippen LogP contribution >= 0.6 is 0 Å². The van der Waals surface area contributed by atoms with Crippen molar-refractivity contribution in [2.75, 3.05) is 18.5 Å². The molecule has 0 aromatic heterocycles. The third-order valence-electron chi connectivity index (χ3n) is 4.54. The number of amides is 1. The van der Waals surface area contributed by atoms with E-state index in [1.165, 1.54) is 0 Å². The van der Waals surface area contributed by atoms with Crippen LogP contribution < -0.4 is 10.1 Å². The summed E-state index contributed by atoms with van der Waals surface area (Å²) in [4.78, 5) is 25.4. The molecule has 0 aliphatic heterocycles. The van der Waals surface area contributed by atoms with Crippen LogP contribution in [0.15, 0.2) is 18.2 Å². The van der Waals surface area contributed by atoms with Crippen molar-refractivity contribution in [1.29, 1.82) is 0 Å². The summed E-state index contributed by atoms with van der Waals surface area (Å²) < 4.78 is 16.9. The van der Waals surface area contributed by atoms with Crippen LogP contribution in [-0.4, -0.2) is 36.8 Å². The van der Waals surface area contributed by atoms with Crippen molar-refractivity contribution in [2.24, 2.45) is 5.92 Å². The first-order valence-electron chi connectivity index (χ1n) is 10.6. The SMILES string of the molecule is CCCOC(C)(CC(C)C)C(=O)Nc1ccc(OC(C)CC)c(C(=O)OCC)c1. The van der Waals surface area contributed by atoms with Crippen LogP contribution in [0.1, 0.15) is 78.1 Å². The lowest BCUT2D eigenvalue weighted by Gasteiger charge is -2.30. The lowest BCUT2D eigenvalue weighted by atomic mass is 9.93. The molecule has 0 bridgehead atoms. The molecule has 1 N–H and O–H groups in total. The summed E-state index contributed by atoms with van der Waals surface area (Å²) in [7, 11) is 0. The number of hydrogen-bond donors (Lipinski definition) is 1. The van der Waals surface area contributed by atoms with Gasteiger partial charge in [-0.3, -0.25) is 4.79 Å². The first kappa shape index (κ1) is 25.0. The number of nitrogens with one attached hydrogen (secondary N) is 1. The summed E-state index contributed by atoms with van der Waals surface area (Å²) in [5.74, 6) is 0.0334. The third kappa shape index (κ3) is 7.69. The van der Waals surface area contributed by atoms with Gasteiger partial charge < -0.3 is 19.5 Å². The molecule has 0 heterocycles. The van der Waals surface area contributed by atoms with E-state index in [1.807, 2.05) is 27.7 Å². The maximum absolute atomic E-state index is 13.0. The Kier molecular flexibility index (Phi) is 10.2. The fourth-order valence-corrected chi connectivity index (χ4v) is 2.97. The van der Waals surface area contributed by atoms with Gasteiger partial charge in [-0.1, -0.05) is 27.7 Å². The number of benzene rings is 1. The molecule has 0 radical (unpaired) electrons. The zero-order chi connectivity index (χ0) is 22.0. The van der Waals surface area contributed by atoms with Gasteiger partial charge in [0.1, 0.15) is 16.9 Å². The molecule has 2 atom stereocenters. The summed E-state index contributed by atoms with van der Waals surface area (Å²) in [6.45, 7) is 14.4. The molecule has 6 heteroatoms. The highest BCUT2D eigenvalue weighted by molar-refractivity contribution is 5.99. The Labute approximate surface area is 175 Å². The van der Waals surface area contributed by atoms with Crippen molar-refractivity contribution in [2.45, 2.75) is 79.4 Å². The lowest BCUT2D eigenvalue weighted by molar-refractivity contribution is -0.141. The number of hydrogen-bond acceptors (Lipinski definition) is 5. The summed E-state index contributed by atoms with van der Waals surface area (Å²) in [6, 6.07) is 5.03. The topological polar surface area (TPSA) is 73.9 Å². The Balaban J connectivity index is 3.14. The molecule has 0 aliphatic carbocycles. The molecule has 0 aliphatic rings. The van der Waals surface area contributed by atoms with Gasteiger partial charge in [-0.05, 0) is 64.2 Å². The van der Waals surface area contributed by atoms with Crippen molar-refractivity contribution in [3.05, 3.63) is 23.8 Å². The van der Waals surface area contributed by atoms with E-state index in [4.69, 9.17) is 14.2 Å². The zero-order valence-electron chi connectivity index (χ0n) is 19.0. The van der Waals surface area contributed by atoms with E-state index >= 15 is 0 Å². The van der Waals surface area contributed by atoms with E-state index in [0.29, 0.717) is 35.9 Å². The monoisotopic (exact) mass is 407 g/mol. The van der Waals surface area contributed by atoms with Crippen molar-refractivity contribution < 1.29 is 23.8 Å². The van der Waals surface area contributed by atoms with Gasteiger partial charge in [0.05, 0.1) is 12.7 Å². The van der Waals surface area contributed by atoms with Crippen LogP contribution in [0, 0.1) is 5.92 Å². The Morgan fingerprint density at radius 2 is 1.83 bits per heavy atom. The Morgan fingerprint density at radius 1 is 1.14 bits per heavy atom. The second-order valence-corrected chi connectivity index (χ2v) is 7.90. The minimum Gasteiger partial charge on any atom is -0.490 e. The predicted octanol–water partition coefficient (Wildman–Crippen LogP) is 5.21. The highest BCUT2D eigenvalue weighted by Gasteiger charge is 2.35. The smallest absolute Gasteiger partial charge is 0.341 e. The molecule has 0 saturated heterocycles. The van der Waals surface area contributed by atoms with Gasteiger partial charge in [0.15, 0.2) is 0 Å². The van der Waals surface area contributed by atoms with Crippen LogP contribution in [0.5, 0.6) is 5.75 Å². The van der Waals surface area contributed by atoms with Crippen LogP contribution in [0.4, 0.5) is 5.69 Å². The van der Waals surface area contributed by atoms with Gasteiger partial charge >= 0.3 is 5.97 Å². The second-order valence-electron chi connectivity index (χ2n) is 7.90. The fourth-order valence-electron chi connectivity index (χ4n) is 2.97. The number of carbonyl (C=O) groups is 2. The molecular formula is C23H37NO5. The van der Waals surface area contributed by atoms with E-state index in [-0.39, 0.29) is 18.6 Å². The van der Waals surface area contributed by atoms with Crippen LogP contribution in [0.2, 0.25) is 0 Å². The molecule has 0 spiro atoms. The normalized spacial score (nSPS) is 14.2. The van der Waals surface area contributed by atoms with Gasteiger partial charge in [0, 0.05) is 12.3 Å². The van der Waals surface area contributed by atoms with Crippen molar-refractivity contribution in [1.82, 2.24) is 0 Å². The molecule has 0 saturated carbocycles. The molecule has 1 rings (SSSR count). The largest absolute Gasteiger partial charge is 0.490 e. The number of rotatable bonds is 12. The summed E-state index contributed by atoms with van der Waals surface area (Å²) in [5.41, 5.74) is -0.144. The predicted molar refractivity (Wildman–Crippen MR) is 116 cm³/mol. The minimum atomic E-state index is -0.944. The van der Waals surface area contributed by atoms with Crippen molar-refractivity contribution in [3.63, 3.8) is 0 Å². The van der Waals surface area contributed by atoms with E-state index in [2.05, 4.69) is 19.2 Å². The quantitative estimate of drug-likeness (QED) is 0.481. The molecular weight excluding hydrogens is 370 g/mol. The molecule has 2 unspecified atom stereocenters. The number of esters is 1. The van der Waals surface area contributed by atoms with Crippen molar-refractivity contribution >= 4 is 17.6 Å². The van der Waals surface area contributed by atoms with E-state index < -0.39 is 11.6 Å². The summed E-state index contributed by atoms with van der Waals surface area (Å²) in [5, 5.41) is 2.90. The molecule has 29 heavy (non-hydrogen) atoms. The number of anilines is 1. The lowest BCUT2D eigenvalue weighted by Crippen LogP contribution is -2.44. The van der Waals surface area contributed by atoms with Crippen LogP contribution in [0.3, 0.4) is 0 Å². The Hall–Kier alpha value is -2.08. The maximum atomic E-state index is 13.0. The van der Waals surface area contributed by atoms with Gasteiger partial charge in [-0.25, -0.2) is 4.79 Å². The average molecular weight is 408 g/mol. The standard InChI is InChI=1S/C23H37NO5/c1-8-13-28-23(7,15-16(4)5)22(26)24-18-11-12-20(29-17(6)9-2)19(14-18)21(25)27-10-3/h11-12,14,16-17H,8-10,13,15H2,1-7H3,(H,24,26).